The molecule has 0 saturated carbocycles. The summed E-state index contributed by atoms with van der Waals surface area (Å²) in [5.74, 6) is -0.635. The number of benzene rings is 1. The van der Waals surface area contributed by atoms with Crippen LogP contribution in [0.1, 0.15) is 13.8 Å². The van der Waals surface area contributed by atoms with E-state index in [0.29, 0.717) is 0 Å². The van der Waals surface area contributed by atoms with Crippen molar-refractivity contribution in [1.29, 1.82) is 0 Å². The van der Waals surface area contributed by atoms with Gasteiger partial charge in [-0.25, -0.2) is 12.8 Å². The zero-order chi connectivity index (χ0) is 14.2. The van der Waals surface area contributed by atoms with Gasteiger partial charge in [-0.2, -0.15) is 4.31 Å². The molecule has 0 aromatic heterocycles. The lowest BCUT2D eigenvalue weighted by Crippen LogP contribution is -2.48. The van der Waals surface area contributed by atoms with Gasteiger partial charge in [0.1, 0.15) is 5.82 Å². The molecule has 1 aromatic carbocycles. The van der Waals surface area contributed by atoms with Crippen molar-refractivity contribution in [3.05, 3.63) is 29.0 Å². The van der Waals surface area contributed by atoms with Crippen LogP contribution in [0.4, 0.5) is 4.39 Å². The monoisotopic (exact) mass is 307 g/mol. The second kappa shape index (κ2) is 5.36. The minimum absolute atomic E-state index is 0.000185. The Kier molecular flexibility index (Phi) is 4.15. The van der Waals surface area contributed by atoms with Crippen LogP contribution in [0.5, 0.6) is 0 Å². The summed E-state index contributed by atoms with van der Waals surface area (Å²) < 4.78 is 44.8. The molecular formula is C12H15ClFNO3S. The molecule has 4 nitrogen and oxygen atoms in total. The van der Waals surface area contributed by atoms with Crippen molar-refractivity contribution in [3.63, 3.8) is 0 Å². The molecule has 7 heteroatoms. The first-order chi connectivity index (χ1) is 8.80. The average molecular weight is 308 g/mol. The van der Waals surface area contributed by atoms with Crippen LogP contribution in [0, 0.1) is 5.82 Å². The van der Waals surface area contributed by atoms with E-state index in [1.807, 2.05) is 13.8 Å². The van der Waals surface area contributed by atoms with E-state index in [1.165, 1.54) is 10.4 Å². The fourth-order valence-corrected chi connectivity index (χ4v) is 3.98. The minimum Gasteiger partial charge on any atom is -0.373 e. The molecule has 2 atom stereocenters. The molecule has 106 valence electrons. The molecule has 2 rings (SSSR count). The van der Waals surface area contributed by atoms with E-state index < -0.39 is 15.8 Å². The van der Waals surface area contributed by atoms with E-state index in [2.05, 4.69) is 0 Å². The van der Waals surface area contributed by atoms with Crippen molar-refractivity contribution >= 4 is 21.6 Å². The van der Waals surface area contributed by atoms with Crippen LogP contribution in [-0.4, -0.2) is 38.0 Å². The van der Waals surface area contributed by atoms with Gasteiger partial charge < -0.3 is 4.74 Å². The normalized spacial score (nSPS) is 25.5. The topological polar surface area (TPSA) is 46.6 Å². The zero-order valence-electron chi connectivity index (χ0n) is 10.6. The van der Waals surface area contributed by atoms with Crippen LogP contribution >= 0.6 is 11.6 Å². The maximum absolute atomic E-state index is 13.1. The Hall–Kier alpha value is -0.690. The summed E-state index contributed by atoms with van der Waals surface area (Å²) in [6.45, 7) is 4.19. The largest absolute Gasteiger partial charge is 0.373 e. The SMILES string of the molecule is C[C@@H]1CN(S(=O)(=O)c2ccc(F)c(Cl)c2)C[C@H](C)O1. The van der Waals surface area contributed by atoms with Gasteiger partial charge in [0.05, 0.1) is 22.1 Å². The predicted molar refractivity (Wildman–Crippen MR) is 70.2 cm³/mol. The van der Waals surface area contributed by atoms with Crippen LogP contribution in [0.2, 0.25) is 5.02 Å². The molecule has 0 N–H and O–H groups in total. The number of rotatable bonds is 2. The number of hydrogen-bond donors (Lipinski definition) is 0. The Morgan fingerprint density at radius 2 is 1.89 bits per heavy atom. The predicted octanol–water partition coefficient (Wildman–Crippen LogP) is 2.28. The summed E-state index contributed by atoms with van der Waals surface area (Å²) in [7, 11) is -3.66. The van der Waals surface area contributed by atoms with Gasteiger partial charge in [-0.1, -0.05) is 11.6 Å². The fraction of sp³-hybridized carbons (Fsp3) is 0.500. The lowest BCUT2D eigenvalue weighted by atomic mass is 10.3. The molecule has 1 aliphatic rings. The van der Waals surface area contributed by atoms with Gasteiger partial charge in [0.25, 0.3) is 0 Å². The quantitative estimate of drug-likeness (QED) is 0.842. The highest BCUT2D eigenvalue weighted by atomic mass is 35.5. The molecule has 0 unspecified atom stereocenters. The Bertz CT molecular complexity index is 568. The first-order valence-electron chi connectivity index (χ1n) is 5.91. The molecule has 1 fully saturated rings. The highest BCUT2D eigenvalue weighted by Gasteiger charge is 2.32. The molecule has 0 spiro atoms. The molecule has 1 heterocycles. The molecular weight excluding hydrogens is 293 g/mol. The summed E-state index contributed by atoms with van der Waals surface area (Å²) >= 11 is 5.63. The van der Waals surface area contributed by atoms with Crippen LogP contribution in [0.15, 0.2) is 23.1 Å². The van der Waals surface area contributed by atoms with Gasteiger partial charge >= 0.3 is 0 Å². The van der Waals surface area contributed by atoms with Crippen molar-refractivity contribution in [1.82, 2.24) is 4.31 Å². The lowest BCUT2D eigenvalue weighted by Gasteiger charge is -2.34. The second-order valence-electron chi connectivity index (χ2n) is 4.66. The Morgan fingerprint density at radius 1 is 1.32 bits per heavy atom. The smallest absolute Gasteiger partial charge is 0.243 e. The van der Waals surface area contributed by atoms with Crippen LogP contribution < -0.4 is 0 Å². The first-order valence-corrected chi connectivity index (χ1v) is 7.73. The van der Waals surface area contributed by atoms with Gasteiger partial charge in [-0.05, 0) is 32.0 Å². The average Bonchev–Trinajstić information content (AvgIpc) is 2.31. The molecule has 1 saturated heterocycles. The number of sulfonamides is 1. The summed E-state index contributed by atoms with van der Waals surface area (Å²) in [4.78, 5) is 0.000185. The Morgan fingerprint density at radius 3 is 2.42 bits per heavy atom. The first kappa shape index (κ1) is 14.7. The van der Waals surface area contributed by atoms with Crippen LogP contribution in [0.3, 0.4) is 0 Å². The highest BCUT2D eigenvalue weighted by molar-refractivity contribution is 7.89. The van der Waals surface area contributed by atoms with Crippen molar-refractivity contribution in [3.8, 4) is 0 Å². The number of morpholine rings is 1. The third-order valence-corrected chi connectivity index (χ3v) is 5.03. The van der Waals surface area contributed by atoms with E-state index in [1.54, 1.807) is 0 Å². The maximum Gasteiger partial charge on any atom is 0.243 e. The van der Waals surface area contributed by atoms with Crippen molar-refractivity contribution < 1.29 is 17.5 Å². The number of ether oxygens (including phenoxy) is 1. The standard InChI is InChI=1S/C12H15ClFNO3S/c1-8-6-15(7-9(2)18-8)19(16,17)10-3-4-12(14)11(13)5-10/h3-5,8-9H,6-7H2,1-2H3/t8-,9+. The fourth-order valence-electron chi connectivity index (χ4n) is 2.11. The van der Waals surface area contributed by atoms with E-state index in [-0.39, 0.29) is 35.2 Å². The summed E-state index contributed by atoms with van der Waals surface area (Å²) in [5, 5.41) is -0.199. The molecule has 1 aromatic rings. The van der Waals surface area contributed by atoms with Crippen molar-refractivity contribution in [2.45, 2.75) is 31.0 Å². The molecule has 0 aliphatic carbocycles. The molecule has 0 radical (unpaired) electrons. The summed E-state index contributed by atoms with van der Waals surface area (Å²) in [5.41, 5.74) is 0. The number of nitrogens with zero attached hydrogens (tertiary/aromatic N) is 1. The highest BCUT2D eigenvalue weighted by Crippen LogP contribution is 2.24. The molecule has 0 bridgehead atoms. The van der Waals surface area contributed by atoms with E-state index in [4.69, 9.17) is 16.3 Å². The molecule has 1 aliphatic heterocycles. The minimum atomic E-state index is -3.66. The van der Waals surface area contributed by atoms with Crippen LogP contribution in [-0.2, 0) is 14.8 Å². The number of hydrogen-bond acceptors (Lipinski definition) is 3. The van der Waals surface area contributed by atoms with Gasteiger partial charge in [0.2, 0.25) is 10.0 Å². The summed E-state index contributed by atoms with van der Waals surface area (Å²) in [6.07, 6.45) is -0.344. The maximum atomic E-state index is 13.1. The van der Waals surface area contributed by atoms with Crippen LogP contribution in [0.25, 0.3) is 0 Å². The van der Waals surface area contributed by atoms with Gasteiger partial charge in [-0.3, -0.25) is 0 Å². The van der Waals surface area contributed by atoms with Gasteiger partial charge in [-0.15, -0.1) is 0 Å². The van der Waals surface area contributed by atoms with Gasteiger partial charge in [0.15, 0.2) is 0 Å². The second-order valence-corrected chi connectivity index (χ2v) is 7.00. The third-order valence-electron chi connectivity index (χ3n) is 2.91. The summed E-state index contributed by atoms with van der Waals surface area (Å²) in [6, 6.07) is 3.42. The zero-order valence-corrected chi connectivity index (χ0v) is 12.2. The Balaban J connectivity index is 2.33. The van der Waals surface area contributed by atoms with Crippen molar-refractivity contribution in [2.75, 3.05) is 13.1 Å². The molecule has 19 heavy (non-hydrogen) atoms. The van der Waals surface area contributed by atoms with E-state index in [9.17, 15) is 12.8 Å². The Labute approximate surface area is 117 Å². The van der Waals surface area contributed by atoms with E-state index in [0.717, 1.165) is 12.1 Å². The van der Waals surface area contributed by atoms with E-state index >= 15 is 0 Å². The number of halogens is 2. The third kappa shape index (κ3) is 3.08. The molecule has 0 amide bonds. The van der Waals surface area contributed by atoms with Crippen molar-refractivity contribution in [2.24, 2.45) is 0 Å². The lowest BCUT2D eigenvalue weighted by molar-refractivity contribution is -0.0440. The van der Waals surface area contributed by atoms with Gasteiger partial charge in [0, 0.05) is 13.1 Å².